The Hall–Kier alpha value is -1.86. The molecule has 0 saturated heterocycles. The van der Waals surface area contributed by atoms with Crippen LogP contribution in [0.15, 0.2) is 30.3 Å². The molecule has 4 heteroatoms. The highest BCUT2D eigenvalue weighted by Gasteiger charge is 2.15. The summed E-state index contributed by atoms with van der Waals surface area (Å²) in [7, 11) is 1.82. The molecule has 0 spiro atoms. The number of nitrogens with zero attached hydrogens (tertiary/aromatic N) is 3. The highest BCUT2D eigenvalue weighted by molar-refractivity contribution is 5.78. The van der Waals surface area contributed by atoms with E-state index in [0.717, 1.165) is 12.1 Å². The lowest BCUT2D eigenvalue weighted by Gasteiger charge is -2.24. The fraction of sp³-hybridized carbons (Fsp3) is 0.500. The van der Waals surface area contributed by atoms with E-state index < -0.39 is 0 Å². The van der Waals surface area contributed by atoms with Crippen LogP contribution in [0.3, 0.4) is 0 Å². The molecule has 0 aromatic heterocycles. The van der Waals surface area contributed by atoms with E-state index >= 15 is 0 Å². The molecule has 20 heavy (non-hydrogen) atoms. The van der Waals surface area contributed by atoms with Crippen LogP contribution >= 0.6 is 0 Å². The molecule has 1 atom stereocenters. The minimum atomic E-state index is -0.0535. The Labute approximate surface area is 121 Å². The third kappa shape index (κ3) is 5.41. The Balaban J connectivity index is 2.50. The number of hydrogen-bond acceptors (Lipinski definition) is 3. The Morgan fingerprint density at radius 1 is 1.35 bits per heavy atom. The van der Waals surface area contributed by atoms with Gasteiger partial charge in [-0.15, -0.1) is 0 Å². The molecule has 0 aliphatic carbocycles. The van der Waals surface area contributed by atoms with E-state index in [2.05, 4.69) is 6.07 Å². The summed E-state index contributed by atoms with van der Waals surface area (Å²) in [4.78, 5) is 15.9. The number of carbonyl (C=O) groups is 1. The predicted molar refractivity (Wildman–Crippen MR) is 79.8 cm³/mol. The molecule has 1 rings (SSSR count). The van der Waals surface area contributed by atoms with Crippen LogP contribution in [-0.4, -0.2) is 42.4 Å². The summed E-state index contributed by atoms with van der Waals surface area (Å²) in [5.74, 6) is 0.0306. The molecule has 0 radical (unpaired) electrons. The molecule has 1 unspecified atom stereocenters. The predicted octanol–water partition coefficient (Wildman–Crippen LogP) is 2.13. The second-order valence-electron chi connectivity index (χ2n) is 5.09. The first-order valence-electron chi connectivity index (χ1n) is 6.96. The fourth-order valence-corrected chi connectivity index (χ4v) is 1.99. The van der Waals surface area contributed by atoms with Crippen molar-refractivity contribution in [1.82, 2.24) is 9.80 Å². The zero-order valence-corrected chi connectivity index (χ0v) is 12.5. The molecule has 0 aliphatic heterocycles. The Morgan fingerprint density at radius 3 is 2.55 bits per heavy atom. The summed E-state index contributed by atoms with van der Waals surface area (Å²) in [6.45, 7) is 6.28. The number of likely N-dealkylation sites (N-methyl/N-ethyl adjacent to an activating group) is 2. The van der Waals surface area contributed by atoms with Crippen molar-refractivity contribution in [3.8, 4) is 6.07 Å². The Bertz CT molecular complexity index is 453. The van der Waals surface area contributed by atoms with E-state index in [1.54, 1.807) is 4.90 Å². The van der Waals surface area contributed by atoms with Crippen molar-refractivity contribution in [3.05, 3.63) is 35.9 Å². The topological polar surface area (TPSA) is 47.3 Å². The van der Waals surface area contributed by atoms with E-state index in [0.29, 0.717) is 19.6 Å². The van der Waals surface area contributed by atoms with E-state index in [-0.39, 0.29) is 11.8 Å². The Kier molecular flexibility index (Phi) is 6.75. The highest BCUT2D eigenvalue weighted by Crippen LogP contribution is 2.04. The van der Waals surface area contributed by atoms with Gasteiger partial charge in [-0.2, -0.15) is 5.26 Å². The van der Waals surface area contributed by atoms with Crippen LogP contribution in [0.5, 0.6) is 0 Å². The molecule has 0 bridgehead atoms. The van der Waals surface area contributed by atoms with Gasteiger partial charge >= 0.3 is 0 Å². The summed E-state index contributed by atoms with van der Waals surface area (Å²) in [6, 6.07) is 12.1. The van der Waals surface area contributed by atoms with Gasteiger partial charge in [0, 0.05) is 20.1 Å². The summed E-state index contributed by atoms with van der Waals surface area (Å²) < 4.78 is 0. The first kappa shape index (κ1) is 16.2. The minimum absolute atomic E-state index is 0.0535. The van der Waals surface area contributed by atoms with Crippen molar-refractivity contribution in [2.75, 3.05) is 26.7 Å². The van der Waals surface area contributed by atoms with Gasteiger partial charge in [0.15, 0.2) is 0 Å². The van der Waals surface area contributed by atoms with Gasteiger partial charge in [0.1, 0.15) is 0 Å². The molecule has 0 heterocycles. The third-order valence-corrected chi connectivity index (χ3v) is 3.25. The van der Waals surface area contributed by atoms with Gasteiger partial charge in [-0.3, -0.25) is 9.69 Å². The average Bonchev–Trinajstić information content (AvgIpc) is 2.47. The number of amides is 1. The lowest BCUT2D eigenvalue weighted by atomic mass is 10.2. The fourth-order valence-electron chi connectivity index (χ4n) is 1.99. The lowest BCUT2D eigenvalue weighted by molar-refractivity contribution is -0.131. The van der Waals surface area contributed by atoms with Gasteiger partial charge in [-0.25, -0.2) is 0 Å². The highest BCUT2D eigenvalue weighted by atomic mass is 16.2. The van der Waals surface area contributed by atoms with Gasteiger partial charge in [0.2, 0.25) is 5.91 Å². The minimum Gasteiger partial charge on any atom is -0.340 e. The summed E-state index contributed by atoms with van der Waals surface area (Å²) >= 11 is 0. The summed E-state index contributed by atoms with van der Waals surface area (Å²) in [5, 5.41) is 8.85. The average molecular weight is 273 g/mol. The SMILES string of the molecule is CCN(CC(=O)N(C)Cc1ccccc1)CC(C)C#N. The van der Waals surface area contributed by atoms with Crippen molar-refractivity contribution in [2.45, 2.75) is 20.4 Å². The molecule has 0 N–H and O–H groups in total. The molecular formula is C16H23N3O. The van der Waals surface area contributed by atoms with E-state index in [1.807, 2.05) is 56.1 Å². The van der Waals surface area contributed by atoms with Crippen LogP contribution in [0.25, 0.3) is 0 Å². The first-order chi connectivity index (χ1) is 9.56. The molecule has 4 nitrogen and oxygen atoms in total. The number of rotatable bonds is 7. The number of carbonyl (C=O) groups excluding carboxylic acids is 1. The number of hydrogen-bond donors (Lipinski definition) is 0. The van der Waals surface area contributed by atoms with Crippen molar-refractivity contribution in [3.63, 3.8) is 0 Å². The smallest absolute Gasteiger partial charge is 0.236 e. The van der Waals surface area contributed by atoms with Crippen LogP contribution in [0.4, 0.5) is 0 Å². The lowest BCUT2D eigenvalue weighted by Crippen LogP contribution is -2.39. The standard InChI is InChI=1S/C16H23N3O/c1-4-19(11-14(2)10-17)13-16(20)18(3)12-15-8-6-5-7-9-15/h5-9,14H,4,11-13H2,1-3H3. The number of benzene rings is 1. The van der Waals surface area contributed by atoms with Crippen LogP contribution in [0, 0.1) is 17.2 Å². The van der Waals surface area contributed by atoms with E-state index in [4.69, 9.17) is 5.26 Å². The molecule has 0 saturated carbocycles. The van der Waals surface area contributed by atoms with Crippen LogP contribution < -0.4 is 0 Å². The van der Waals surface area contributed by atoms with Crippen LogP contribution in [0.1, 0.15) is 19.4 Å². The molecular weight excluding hydrogens is 250 g/mol. The molecule has 1 aromatic carbocycles. The van der Waals surface area contributed by atoms with E-state index in [9.17, 15) is 4.79 Å². The molecule has 1 amide bonds. The van der Waals surface area contributed by atoms with Gasteiger partial charge in [0.25, 0.3) is 0 Å². The molecule has 0 aliphatic rings. The van der Waals surface area contributed by atoms with Crippen molar-refractivity contribution in [2.24, 2.45) is 5.92 Å². The zero-order chi connectivity index (χ0) is 15.0. The maximum atomic E-state index is 12.2. The van der Waals surface area contributed by atoms with Crippen LogP contribution in [0.2, 0.25) is 0 Å². The summed E-state index contributed by atoms with van der Waals surface area (Å²) in [6.07, 6.45) is 0. The molecule has 108 valence electrons. The van der Waals surface area contributed by atoms with Crippen molar-refractivity contribution < 1.29 is 4.79 Å². The zero-order valence-electron chi connectivity index (χ0n) is 12.5. The Morgan fingerprint density at radius 2 is 2.00 bits per heavy atom. The third-order valence-electron chi connectivity index (χ3n) is 3.25. The number of nitriles is 1. The monoisotopic (exact) mass is 273 g/mol. The summed E-state index contributed by atoms with van der Waals surface area (Å²) in [5.41, 5.74) is 1.12. The quantitative estimate of drug-likeness (QED) is 0.764. The van der Waals surface area contributed by atoms with Gasteiger partial charge in [-0.1, -0.05) is 37.3 Å². The van der Waals surface area contributed by atoms with Gasteiger partial charge in [0.05, 0.1) is 18.5 Å². The maximum absolute atomic E-state index is 12.2. The van der Waals surface area contributed by atoms with Crippen LogP contribution in [-0.2, 0) is 11.3 Å². The van der Waals surface area contributed by atoms with Gasteiger partial charge < -0.3 is 4.90 Å². The maximum Gasteiger partial charge on any atom is 0.236 e. The largest absolute Gasteiger partial charge is 0.340 e. The second-order valence-corrected chi connectivity index (χ2v) is 5.09. The van der Waals surface area contributed by atoms with Gasteiger partial charge in [-0.05, 0) is 19.0 Å². The molecule has 0 fully saturated rings. The second kappa shape index (κ2) is 8.34. The van der Waals surface area contributed by atoms with E-state index in [1.165, 1.54) is 0 Å². The first-order valence-corrected chi connectivity index (χ1v) is 6.96. The van der Waals surface area contributed by atoms with Crippen molar-refractivity contribution >= 4 is 5.91 Å². The molecule has 1 aromatic rings. The van der Waals surface area contributed by atoms with Crippen molar-refractivity contribution in [1.29, 1.82) is 5.26 Å². The normalized spacial score (nSPS) is 11.9.